The lowest BCUT2D eigenvalue weighted by molar-refractivity contribution is 0.0696. The highest BCUT2D eigenvalue weighted by Crippen LogP contribution is 2.23. The summed E-state index contributed by atoms with van der Waals surface area (Å²) in [6, 6.07) is 12.9. The van der Waals surface area contributed by atoms with Crippen molar-refractivity contribution >= 4 is 17.5 Å². The SMILES string of the molecule is Cc1nc(C(=O)Nc2ccc(C(=O)N(C)C3CCCCC3)cc2)nn1-c1ccc(F)cc1. The second-order valence-corrected chi connectivity index (χ2v) is 8.11. The van der Waals surface area contributed by atoms with Gasteiger partial charge in [0.1, 0.15) is 11.6 Å². The molecule has 7 nitrogen and oxygen atoms in total. The number of carbonyl (C=O) groups is 2. The first-order valence-electron chi connectivity index (χ1n) is 10.8. The lowest BCUT2D eigenvalue weighted by Crippen LogP contribution is -2.38. The lowest BCUT2D eigenvalue weighted by atomic mass is 9.94. The first-order chi connectivity index (χ1) is 15.4. The molecule has 1 aromatic heterocycles. The highest BCUT2D eigenvalue weighted by Gasteiger charge is 2.23. The van der Waals surface area contributed by atoms with Crippen LogP contribution in [0.5, 0.6) is 0 Å². The van der Waals surface area contributed by atoms with Gasteiger partial charge in [-0.1, -0.05) is 19.3 Å². The molecule has 166 valence electrons. The summed E-state index contributed by atoms with van der Waals surface area (Å²) >= 11 is 0. The maximum Gasteiger partial charge on any atom is 0.295 e. The van der Waals surface area contributed by atoms with Crippen LogP contribution in [0.25, 0.3) is 5.69 Å². The summed E-state index contributed by atoms with van der Waals surface area (Å²) in [4.78, 5) is 31.4. The zero-order valence-corrected chi connectivity index (χ0v) is 18.2. The maximum atomic E-state index is 13.2. The van der Waals surface area contributed by atoms with Gasteiger partial charge in [0.25, 0.3) is 11.8 Å². The zero-order valence-electron chi connectivity index (χ0n) is 18.2. The molecule has 0 spiro atoms. The summed E-state index contributed by atoms with van der Waals surface area (Å²) in [5.41, 5.74) is 1.74. The van der Waals surface area contributed by atoms with E-state index in [1.165, 1.54) is 23.2 Å². The van der Waals surface area contributed by atoms with Crippen LogP contribution in [0.15, 0.2) is 48.5 Å². The Labute approximate surface area is 186 Å². The van der Waals surface area contributed by atoms with Gasteiger partial charge in [0.2, 0.25) is 5.82 Å². The molecule has 1 aliphatic carbocycles. The molecule has 1 fully saturated rings. The summed E-state index contributed by atoms with van der Waals surface area (Å²) in [5.74, 6) is -0.314. The first kappa shape index (κ1) is 21.7. The molecule has 0 saturated heterocycles. The lowest BCUT2D eigenvalue weighted by Gasteiger charge is -2.31. The molecule has 0 aliphatic heterocycles. The van der Waals surface area contributed by atoms with Gasteiger partial charge in [-0.2, -0.15) is 0 Å². The monoisotopic (exact) mass is 435 g/mol. The highest BCUT2D eigenvalue weighted by atomic mass is 19.1. The van der Waals surface area contributed by atoms with Crippen molar-refractivity contribution in [2.75, 3.05) is 12.4 Å². The minimum absolute atomic E-state index is 0.00371. The van der Waals surface area contributed by atoms with E-state index in [2.05, 4.69) is 15.4 Å². The van der Waals surface area contributed by atoms with Crippen molar-refractivity contribution in [2.45, 2.75) is 45.1 Å². The first-order valence-corrected chi connectivity index (χ1v) is 10.8. The van der Waals surface area contributed by atoms with Crippen molar-refractivity contribution < 1.29 is 14.0 Å². The number of nitrogens with zero attached hydrogens (tertiary/aromatic N) is 4. The number of hydrogen-bond acceptors (Lipinski definition) is 4. The van der Waals surface area contributed by atoms with Crippen molar-refractivity contribution in [2.24, 2.45) is 0 Å². The number of carbonyl (C=O) groups excluding carboxylic acids is 2. The fourth-order valence-electron chi connectivity index (χ4n) is 4.03. The molecule has 32 heavy (non-hydrogen) atoms. The molecule has 0 unspecified atom stereocenters. The van der Waals surface area contributed by atoms with Crippen molar-refractivity contribution in [3.63, 3.8) is 0 Å². The molecule has 2 amide bonds. The van der Waals surface area contributed by atoms with E-state index in [-0.39, 0.29) is 17.5 Å². The number of benzene rings is 2. The summed E-state index contributed by atoms with van der Waals surface area (Å²) in [6.07, 6.45) is 5.67. The Kier molecular flexibility index (Phi) is 6.30. The smallest absolute Gasteiger partial charge is 0.295 e. The molecule has 0 atom stereocenters. The van der Waals surface area contributed by atoms with Crippen molar-refractivity contribution in [3.8, 4) is 5.69 Å². The molecule has 2 aromatic carbocycles. The molecule has 1 N–H and O–H groups in total. The Balaban J connectivity index is 1.42. The molecule has 4 rings (SSSR count). The third kappa shape index (κ3) is 4.69. The fourth-order valence-corrected chi connectivity index (χ4v) is 4.03. The van der Waals surface area contributed by atoms with Crippen LogP contribution >= 0.6 is 0 Å². The normalized spacial score (nSPS) is 14.2. The Bertz CT molecular complexity index is 1100. The number of anilines is 1. The van der Waals surface area contributed by atoms with Crippen LogP contribution in [-0.4, -0.2) is 44.6 Å². The van der Waals surface area contributed by atoms with E-state index in [4.69, 9.17) is 0 Å². The van der Waals surface area contributed by atoms with Gasteiger partial charge in [-0.25, -0.2) is 14.1 Å². The molecule has 3 aromatic rings. The predicted octanol–water partition coefficient (Wildman–Crippen LogP) is 4.37. The third-order valence-corrected chi connectivity index (χ3v) is 5.88. The summed E-state index contributed by atoms with van der Waals surface area (Å²) in [6.45, 7) is 1.72. The van der Waals surface area contributed by atoms with Crippen molar-refractivity contribution in [3.05, 3.63) is 71.6 Å². The van der Waals surface area contributed by atoms with E-state index in [1.807, 2.05) is 11.9 Å². The van der Waals surface area contributed by atoms with Crippen LogP contribution in [-0.2, 0) is 0 Å². The number of aromatic nitrogens is 3. The van der Waals surface area contributed by atoms with E-state index in [1.54, 1.807) is 43.3 Å². The van der Waals surface area contributed by atoms with Crippen molar-refractivity contribution in [1.29, 1.82) is 0 Å². The van der Waals surface area contributed by atoms with Gasteiger partial charge < -0.3 is 10.2 Å². The third-order valence-electron chi connectivity index (χ3n) is 5.88. The number of rotatable bonds is 5. The number of hydrogen-bond donors (Lipinski definition) is 1. The average Bonchev–Trinajstić information content (AvgIpc) is 3.21. The van der Waals surface area contributed by atoms with Crippen LogP contribution in [0, 0.1) is 12.7 Å². The topological polar surface area (TPSA) is 80.1 Å². The molecule has 8 heteroatoms. The van der Waals surface area contributed by atoms with Crippen LogP contribution in [0.4, 0.5) is 10.1 Å². The molecule has 1 aliphatic rings. The Morgan fingerprint density at radius 2 is 1.69 bits per heavy atom. The Hall–Kier alpha value is -3.55. The molecule has 0 radical (unpaired) electrons. The zero-order chi connectivity index (χ0) is 22.7. The maximum absolute atomic E-state index is 13.2. The minimum atomic E-state index is -0.465. The number of aryl methyl sites for hydroxylation is 1. The fraction of sp³-hybridized carbons (Fsp3) is 0.333. The van der Waals surface area contributed by atoms with E-state index >= 15 is 0 Å². The van der Waals surface area contributed by atoms with Gasteiger partial charge in [0, 0.05) is 24.3 Å². The van der Waals surface area contributed by atoms with Crippen LogP contribution < -0.4 is 5.32 Å². The van der Waals surface area contributed by atoms with Gasteiger partial charge in [-0.3, -0.25) is 9.59 Å². The quantitative estimate of drug-likeness (QED) is 0.645. The summed E-state index contributed by atoms with van der Waals surface area (Å²) in [5, 5.41) is 6.99. The average molecular weight is 436 g/mol. The Morgan fingerprint density at radius 3 is 2.34 bits per heavy atom. The van der Waals surface area contributed by atoms with Gasteiger partial charge in [-0.15, -0.1) is 5.10 Å². The minimum Gasteiger partial charge on any atom is -0.339 e. The summed E-state index contributed by atoms with van der Waals surface area (Å²) in [7, 11) is 1.86. The number of nitrogens with one attached hydrogen (secondary N) is 1. The molecule has 0 bridgehead atoms. The van der Waals surface area contributed by atoms with E-state index < -0.39 is 5.91 Å². The molecular weight excluding hydrogens is 409 g/mol. The van der Waals surface area contributed by atoms with E-state index in [0.717, 1.165) is 25.7 Å². The molecule has 1 heterocycles. The number of halogens is 1. The predicted molar refractivity (Wildman–Crippen MR) is 119 cm³/mol. The second kappa shape index (κ2) is 9.30. The summed E-state index contributed by atoms with van der Waals surface area (Å²) < 4.78 is 14.6. The standard InChI is InChI=1S/C24H26FN5O2/c1-16-26-22(28-30(16)21-14-10-18(25)11-15-21)23(31)27-19-12-8-17(9-13-19)24(32)29(2)20-6-4-3-5-7-20/h8-15,20H,3-7H2,1-2H3,(H,27,31). The van der Waals surface area contributed by atoms with Crippen molar-refractivity contribution in [1.82, 2.24) is 19.7 Å². The molecule has 1 saturated carbocycles. The van der Waals surface area contributed by atoms with Gasteiger partial charge in [0.15, 0.2) is 0 Å². The van der Waals surface area contributed by atoms with Gasteiger partial charge in [0.05, 0.1) is 5.69 Å². The molecular formula is C24H26FN5O2. The largest absolute Gasteiger partial charge is 0.339 e. The van der Waals surface area contributed by atoms with Crippen LogP contribution in [0.3, 0.4) is 0 Å². The van der Waals surface area contributed by atoms with Crippen LogP contribution in [0.2, 0.25) is 0 Å². The van der Waals surface area contributed by atoms with E-state index in [9.17, 15) is 14.0 Å². The van der Waals surface area contributed by atoms with Crippen LogP contribution in [0.1, 0.15) is 58.9 Å². The van der Waals surface area contributed by atoms with Gasteiger partial charge >= 0.3 is 0 Å². The second-order valence-electron chi connectivity index (χ2n) is 8.11. The van der Waals surface area contributed by atoms with E-state index in [0.29, 0.717) is 28.8 Å². The Morgan fingerprint density at radius 1 is 1.03 bits per heavy atom. The number of amides is 2. The van der Waals surface area contributed by atoms with Gasteiger partial charge in [-0.05, 0) is 68.3 Å². The highest BCUT2D eigenvalue weighted by molar-refractivity contribution is 6.02.